The van der Waals surface area contributed by atoms with Crippen molar-refractivity contribution in [3.63, 3.8) is 0 Å². The Labute approximate surface area is 147 Å². The first-order valence-corrected chi connectivity index (χ1v) is 8.35. The van der Waals surface area contributed by atoms with Crippen molar-refractivity contribution >= 4 is 11.0 Å². The zero-order valence-corrected chi connectivity index (χ0v) is 15.0. The number of ether oxygens (including phenoxy) is 2. The lowest BCUT2D eigenvalue weighted by atomic mass is 10.0. The average Bonchev–Trinajstić information content (AvgIpc) is 3.03. The maximum absolute atomic E-state index is 6.27. The van der Waals surface area contributed by atoms with Gasteiger partial charge in [-0.25, -0.2) is 4.98 Å². The van der Waals surface area contributed by atoms with E-state index >= 15 is 0 Å². The number of nitrogens with zero attached hydrogens (tertiary/aromatic N) is 2. The third-order valence-corrected chi connectivity index (χ3v) is 4.19. The minimum Gasteiger partial charge on any atom is -0.496 e. The summed E-state index contributed by atoms with van der Waals surface area (Å²) in [5, 5.41) is 0. The van der Waals surface area contributed by atoms with Crippen LogP contribution in [0.5, 0.6) is 11.5 Å². The summed E-state index contributed by atoms with van der Waals surface area (Å²) in [6, 6.07) is 5.73. The maximum atomic E-state index is 6.27. The average molecular weight is 340 g/mol. The second-order valence-corrected chi connectivity index (χ2v) is 6.50. The number of hydrogen-bond donors (Lipinski definition) is 2. The monoisotopic (exact) mass is 340 g/mol. The third-order valence-electron chi connectivity index (χ3n) is 4.19. The van der Waals surface area contributed by atoms with Gasteiger partial charge < -0.3 is 20.2 Å². The normalized spacial score (nSPS) is 12.6. The van der Waals surface area contributed by atoms with Crippen molar-refractivity contribution in [3.05, 3.63) is 36.4 Å². The number of fused-ring (bicyclic) bond motifs is 1. The number of nitrogens with one attached hydrogen (secondary N) is 1. The quantitative estimate of drug-likeness (QED) is 0.715. The summed E-state index contributed by atoms with van der Waals surface area (Å²) in [6.07, 6.45) is 4.30. The number of aromatic amines is 1. The lowest BCUT2D eigenvalue weighted by Gasteiger charge is -2.11. The van der Waals surface area contributed by atoms with Crippen molar-refractivity contribution < 1.29 is 9.47 Å². The Hall–Kier alpha value is -2.60. The van der Waals surface area contributed by atoms with Gasteiger partial charge in [0.05, 0.1) is 37.5 Å². The van der Waals surface area contributed by atoms with Gasteiger partial charge in [-0.2, -0.15) is 0 Å². The van der Waals surface area contributed by atoms with Gasteiger partial charge in [-0.3, -0.25) is 4.98 Å². The number of aromatic nitrogens is 3. The minimum atomic E-state index is -0.114. The van der Waals surface area contributed by atoms with Crippen LogP contribution in [0.3, 0.4) is 0 Å². The van der Waals surface area contributed by atoms with Crippen LogP contribution in [0.25, 0.3) is 22.2 Å². The highest BCUT2D eigenvalue weighted by Gasteiger charge is 2.17. The number of nitrogens with two attached hydrogens (primary N) is 1. The highest BCUT2D eigenvalue weighted by Crippen LogP contribution is 2.38. The SMILES string of the molecule is COc1cnccc1-c1cc2nc([C@H](N)CC(C)C)[nH]c2cc1OC. The fourth-order valence-electron chi connectivity index (χ4n) is 3.00. The van der Waals surface area contributed by atoms with E-state index in [0.29, 0.717) is 11.7 Å². The Morgan fingerprint density at radius 3 is 2.56 bits per heavy atom. The first kappa shape index (κ1) is 17.2. The number of H-pyrrole nitrogens is 1. The molecule has 0 bridgehead atoms. The van der Waals surface area contributed by atoms with E-state index < -0.39 is 0 Å². The van der Waals surface area contributed by atoms with Gasteiger partial charge in [0.15, 0.2) is 0 Å². The molecule has 0 amide bonds. The zero-order valence-electron chi connectivity index (χ0n) is 15.0. The zero-order chi connectivity index (χ0) is 18.0. The molecule has 6 nitrogen and oxygen atoms in total. The number of hydrogen-bond acceptors (Lipinski definition) is 5. The van der Waals surface area contributed by atoms with Crippen LogP contribution in [-0.2, 0) is 0 Å². The second kappa shape index (κ2) is 7.11. The Balaban J connectivity index is 2.10. The summed E-state index contributed by atoms with van der Waals surface area (Å²) in [5.74, 6) is 2.73. The third kappa shape index (κ3) is 3.44. The summed E-state index contributed by atoms with van der Waals surface area (Å²) in [4.78, 5) is 12.1. The van der Waals surface area contributed by atoms with Crippen molar-refractivity contribution in [2.24, 2.45) is 11.7 Å². The van der Waals surface area contributed by atoms with E-state index in [2.05, 4.69) is 23.8 Å². The molecule has 0 radical (unpaired) electrons. The summed E-state index contributed by atoms with van der Waals surface area (Å²) in [7, 11) is 3.28. The van der Waals surface area contributed by atoms with E-state index in [1.807, 2.05) is 18.2 Å². The summed E-state index contributed by atoms with van der Waals surface area (Å²) < 4.78 is 11.0. The van der Waals surface area contributed by atoms with Gasteiger partial charge in [0.2, 0.25) is 0 Å². The van der Waals surface area contributed by atoms with Crippen LogP contribution in [0.4, 0.5) is 0 Å². The van der Waals surface area contributed by atoms with E-state index in [-0.39, 0.29) is 6.04 Å². The van der Waals surface area contributed by atoms with Gasteiger partial charge in [0.25, 0.3) is 0 Å². The van der Waals surface area contributed by atoms with Gasteiger partial charge in [-0.1, -0.05) is 13.8 Å². The van der Waals surface area contributed by atoms with Crippen LogP contribution in [0, 0.1) is 5.92 Å². The molecule has 3 rings (SSSR count). The van der Waals surface area contributed by atoms with Crippen LogP contribution in [0.15, 0.2) is 30.6 Å². The number of rotatable bonds is 6. The Bertz CT molecular complexity index is 873. The predicted molar refractivity (Wildman–Crippen MR) is 98.8 cm³/mol. The first-order valence-electron chi connectivity index (χ1n) is 8.35. The molecule has 0 aliphatic heterocycles. The maximum Gasteiger partial charge on any atom is 0.145 e. The van der Waals surface area contributed by atoms with Gasteiger partial charge in [0.1, 0.15) is 17.3 Å². The predicted octanol–water partition coefficient (Wildman–Crippen LogP) is 3.69. The second-order valence-electron chi connectivity index (χ2n) is 6.50. The summed E-state index contributed by atoms with van der Waals surface area (Å²) in [6.45, 7) is 4.30. The number of imidazole rings is 1. The van der Waals surface area contributed by atoms with Crippen LogP contribution >= 0.6 is 0 Å². The van der Waals surface area contributed by atoms with Gasteiger partial charge >= 0.3 is 0 Å². The molecule has 0 aliphatic rings. The van der Waals surface area contributed by atoms with Crippen molar-refractivity contribution in [2.75, 3.05) is 14.2 Å². The lowest BCUT2D eigenvalue weighted by Crippen LogP contribution is -2.14. The van der Waals surface area contributed by atoms with E-state index in [1.165, 1.54) is 0 Å². The highest BCUT2D eigenvalue weighted by molar-refractivity contribution is 5.88. The molecule has 2 heterocycles. The van der Waals surface area contributed by atoms with E-state index in [4.69, 9.17) is 20.2 Å². The molecule has 0 saturated heterocycles. The van der Waals surface area contributed by atoms with Gasteiger partial charge in [-0.15, -0.1) is 0 Å². The number of pyridine rings is 1. The Morgan fingerprint density at radius 1 is 1.12 bits per heavy atom. The molecule has 0 spiro atoms. The van der Waals surface area contributed by atoms with Crippen LogP contribution in [-0.4, -0.2) is 29.2 Å². The van der Waals surface area contributed by atoms with Crippen molar-refractivity contribution in [1.29, 1.82) is 0 Å². The molecule has 132 valence electrons. The highest BCUT2D eigenvalue weighted by atomic mass is 16.5. The Morgan fingerprint density at radius 2 is 1.88 bits per heavy atom. The molecule has 0 aliphatic carbocycles. The summed E-state index contributed by atoms with van der Waals surface area (Å²) in [5.41, 5.74) is 9.84. The molecule has 6 heteroatoms. The molecule has 1 atom stereocenters. The fraction of sp³-hybridized carbons (Fsp3) is 0.368. The molecule has 2 aromatic heterocycles. The molecule has 0 fully saturated rings. The molecular formula is C19H24N4O2. The van der Waals surface area contributed by atoms with Crippen LogP contribution < -0.4 is 15.2 Å². The van der Waals surface area contributed by atoms with Gasteiger partial charge in [-0.05, 0) is 24.5 Å². The standard InChI is InChI=1S/C19H24N4O2/c1-11(2)7-14(20)19-22-15-8-13(17(24-3)9-16(15)23-19)12-5-6-21-10-18(12)25-4/h5-6,8-11,14H,7,20H2,1-4H3,(H,22,23)/t14-/m1/s1. The molecular weight excluding hydrogens is 316 g/mol. The molecule has 0 unspecified atom stereocenters. The van der Waals surface area contributed by atoms with Gasteiger partial charge in [0, 0.05) is 23.4 Å². The fourth-order valence-corrected chi connectivity index (χ4v) is 3.00. The Kier molecular flexibility index (Phi) is 4.90. The topological polar surface area (TPSA) is 86.0 Å². The largest absolute Gasteiger partial charge is 0.496 e. The molecule has 1 aromatic carbocycles. The lowest BCUT2D eigenvalue weighted by molar-refractivity contribution is 0.409. The van der Waals surface area contributed by atoms with Crippen LogP contribution in [0.2, 0.25) is 0 Å². The van der Waals surface area contributed by atoms with E-state index in [0.717, 1.165) is 40.2 Å². The summed E-state index contributed by atoms with van der Waals surface area (Å²) >= 11 is 0. The number of benzene rings is 1. The van der Waals surface area contributed by atoms with E-state index in [9.17, 15) is 0 Å². The van der Waals surface area contributed by atoms with Crippen molar-refractivity contribution in [1.82, 2.24) is 15.0 Å². The molecule has 25 heavy (non-hydrogen) atoms. The smallest absolute Gasteiger partial charge is 0.145 e. The first-order chi connectivity index (χ1) is 12.0. The molecule has 3 N–H and O–H groups in total. The van der Waals surface area contributed by atoms with E-state index in [1.54, 1.807) is 26.6 Å². The number of methoxy groups -OCH3 is 2. The van der Waals surface area contributed by atoms with Crippen molar-refractivity contribution in [2.45, 2.75) is 26.3 Å². The van der Waals surface area contributed by atoms with Crippen molar-refractivity contribution in [3.8, 4) is 22.6 Å². The van der Waals surface area contributed by atoms with Crippen LogP contribution in [0.1, 0.15) is 32.1 Å². The minimum absolute atomic E-state index is 0.114. The molecule has 0 saturated carbocycles. The molecule has 3 aromatic rings.